The predicted molar refractivity (Wildman–Crippen MR) is 64.8 cm³/mol. The van der Waals surface area contributed by atoms with Gasteiger partial charge < -0.3 is 4.90 Å². The van der Waals surface area contributed by atoms with Gasteiger partial charge in [0.05, 0.1) is 12.4 Å². The van der Waals surface area contributed by atoms with Crippen molar-refractivity contribution in [3.8, 4) is 0 Å². The molecule has 0 unspecified atom stereocenters. The summed E-state index contributed by atoms with van der Waals surface area (Å²) in [5, 5.41) is 0. The van der Waals surface area contributed by atoms with E-state index in [4.69, 9.17) is 0 Å². The van der Waals surface area contributed by atoms with Crippen LogP contribution in [0.4, 0.5) is 5.69 Å². The lowest BCUT2D eigenvalue weighted by Crippen LogP contribution is -2.44. The van der Waals surface area contributed by atoms with Crippen LogP contribution in [0.2, 0.25) is 0 Å². The summed E-state index contributed by atoms with van der Waals surface area (Å²) in [6.07, 6.45) is 2.30. The van der Waals surface area contributed by atoms with E-state index in [0.717, 1.165) is 23.0 Å². The van der Waals surface area contributed by atoms with Crippen LogP contribution in [0.1, 0.15) is 12.8 Å². The monoisotopic (exact) mass is 302 g/mol. The van der Waals surface area contributed by atoms with Gasteiger partial charge >= 0.3 is 0 Å². The van der Waals surface area contributed by atoms with Crippen LogP contribution in [0.25, 0.3) is 0 Å². The summed E-state index contributed by atoms with van der Waals surface area (Å²) in [5.74, 6) is 0. The minimum Gasteiger partial charge on any atom is -0.354 e. The predicted octanol–water partition coefficient (Wildman–Crippen LogP) is 1.67. The van der Waals surface area contributed by atoms with E-state index < -0.39 is 10.0 Å². The summed E-state index contributed by atoms with van der Waals surface area (Å²) >= 11 is 3.30. The lowest BCUT2D eigenvalue weighted by Gasteiger charge is -2.31. The van der Waals surface area contributed by atoms with Crippen molar-refractivity contribution in [2.75, 3.05) is 11.6 Å². The molecule has 0 radical (unpaired) electrons. The van der Waals surface area contributed by atoms with Gasteiger partial charge in [-0.15, -0.1) is 0 Å². The summed E-state index contributed by atoms with van der Waals surface area (Å²) in [6.45, 7) is 0.391. The molecule has 0 saturated heterocycles. The number of rotatable bonds is 1. The van der Waals surface area contributed by atoms with Crippen molar-refractivity contribution < 1.29 is 8.42 Å². The standard InChI is InChI=1S/C10H11BrN2O2S/c11-7-1-4-9-10(5-7)16(14,15)12-6-13(9)8-2-3-8/h1,4-5,8,12H,2-3,6H2. The normalized spacial score (nSPS) is 22.9. The molecule has 3 rings (SSSR count). The Bertz CT molecular complexity index is 540. The van der Waals surface area contributed by atoms with Gasteiger partial charge in [-0.3, -0.25) is 0 Å². The molecule has 1 aliphatic heterocycles. The third-order valence-corrected chi connectivity index (χ3v) is 4.84. The second-order valence-corrected chi connectivity index (χ2v) is 6.77. The first kappa shape index (κ1) is 10.6. The Labute approximate surface area is 103 Å². The average Bonchev–Trinajstić information content (AvgIpc) is 3.03. The molecule has 16 heavy (non-hydrogen) atoms. The van der Waals surface area contributed by atoms with E-state index in [2.05, 4.69) is 25.6 Å². The van der Waals surface area contributed by atoms with Gasteiger partial charge in [-0.05, 0) is 31.0 Å². The van der Waals surface area contributed by atoms with Gasteiger partial charge in [0.15, 0.2) is 0 Å². The van der Waals surface area contributed by atoms with Gasteiger partial charge in [-0.2, -0.15) is 4.72 Å². The first-order valence-corrected chi connectivity index (χ1v) is 7.41. The molecule has 4 nitrogen and oxygen atoms in total. The summed E-state index contributed by atoms with van der Waals surface area (Å²) in [7, 11) is -3.32. The van der Waals surface area contributed by atoms with E-state index in [1.54, 1.807) is 6.07 Å². The Balaban J connectivity index is 2.17. The molecule has 2 aliphatic rings. The van der Waals surface area contributed by atoms with Crippen LogP contribution < -0.4 is 9.62 Å². The number of benzene rings is 1. The quantitative estimate of drug-likeness (QED) is 0.858. The molecule has 0 amide bonds. The SMILES string of the molecule is O=S1(=O)NCN(C2CC2)c2ccc(Br)cc21. The molecule has 6 heteroatoms. The Hall–Kier alpha value is -0.590. The van der Waals surface area contributed by atoms with E-state index in [9.17, 15) is 8.42 Å². The maximum absolute atomic E-state index is 11.9. The molecule has 1 saturated carbocycles. The third-order valence-electron chi connectivity index (χ3n) is 2.93. The number of fused-ring (bicyclic) bond motifs is 1. The van der Waals surface area contributed by atoms with Crippen molar-refractivity contribution in [3.63, 3.8) is 0 Å². The highest BCUT2D eigenvalue weighted by atomic mass is 79.9. The Morgan fingerprint density at radius 1 is 1.38 bits per heavy atom. The topological polar surface area (TPSA) is 49.4 Å². The lowest BCUT2D eigenvalue weighted by molar-refractivity contribution is 0.570. The zero-order valence-corrected chi connectivity index (χ0v) is 10.9. The molecule has 0 bridgehead atoms. The zero-order chi connectivity index (χ0) is 11.3. The third kappa shape index (κ3) is 1.65. The minimum atomic E-state index is -3.32. The van der Waals surface area contributed by atoms with Crippen molar-refractivity contribution in [1.29, 1.82) is 0 Å². The first-order chi connectivity index (χ1) is 7.58. The Kier molecular flexibility index (Phi) is 2.28. The number of nitrogens with one attached hydrogen (secondary N) is 1. The Morgan fingerprint density at radius 3 is 2.81 bits per heavy atom. The Morgan fingerprint density at radius 2 is 2.12 bits per heavy atom. The van der Waals surface area contributed by atoms with Crippen LogP contribution in [0.15, 0.2) is 27.6 Å². The van der Waals surface area contributed by atoms with Crippen LogP contribution in [0.3, 0.4) is 0 Å². The van der Waals surface area contributed by atoms with Crippen LogP contribution in [-0.4, -0.2) is 21.1 Å². The molecule has 1 fully saturated rings. The molecule has 1 aliphatic carbocycles. The summed E-state index contributed by atoms with van der Waals surface area (Å²) in [4.78, 5) is 2.50. The van der Waals surface area contributed by atoms with E-state index in [1.807, 2.05) is 12.1 Å². The van der Waals surface area contributed by atoms with Crippen LogP contribution in [0, 0.1) is 0 Å². The largest absolute Gasteiger partial charge is 0.354 e. The highest BCUT2D eigenvalue weighted by Crippen LogP contribution is 2.38. The molecule has 1 aromatic carbocycles. The number of hydrogen-bond donors (Lipinski definition) is 1. The fourth-order valence-electron chi connectivity index (χ4n) is 1.97. The molecule has 0 spiro atoms. The van der Waals surface area contributed by atoms with E-state index in [-0.39, 0.29) is 0 Å². The van der Waals surface area contributed by atoms with Crippen LogP contribution in [0.5, 0.6) is 0 Å². The van der Waals surface area contributed by atoms with E-state index >= 15 is 0 Å². The smallest absolute Gasteiger partial charge is 0.244 e. The lowest BCUT2D eigenvalue weighted by atomic mass is 10.3. The number of anilines is 1. The second-order valence-electron chi connectivity index (χ2n) is 4.12. The highest BCUT2D eigenvalue weighted by molar-refractivity contribution is 9.10. The molecule has 0 aromatic heterocycles. The summed E-state index contributed by atoms with van der Waals surface area (Å²) in [5.41, 5.74) is 0.824. The molecule has 1 N–H and O–H groups in total. The van der Waals surface area contributed by atoms with Gasteiger partial charge in [-0.25, -0.2) is 8.42 Å². The number of halogens is 1. The van der Waals surface area contributed by atoms with Gasteiger partial charge in [0.2, 0.25) is 10.0 Å². The van der Waals surface area contributed by atoms with E-state index in [0.29, 0.717) is 17.6 Å². The molecule has 1 aromatic rings. The van der Waals surface area contributed by atoms with Crippen molar-refractivity contribution in [2.24, 2.45) is 0 Å². The maximum atomic E-state index is 11.9. The fourth-order valence-corrected chi connectivity index (χ4v) is 3.69. The number of hydrogen-bond acceptors (Lipinski definition) is 3. The highest BCUT2D eigenvalue weighted by Gasteiger charge is 2.36. The number of sulfonamides is 1. The molecule has 86 valence electrons. The van der Waals surface area contributed by atoms with Crippen molar-refractivity contribution >= 4 is 31.6 Å². The van der Waals surface area contributed by atoms with Gasteiger partial charge in [-0.1, -0.05) is 15.9 Å². The van der Waals surface area contributed by atoms with Crippen LogP contribution in [-0.2, 0) is 10.0 Å². The minimum absolute atomic E-state index is 0.375. The first-order valence-electron chi connectivity index (χ1n) is 5.14. The van der Waals surface area contributed by atoms with Crippen LogP contribution >= 0.6 is 15.9 Å². The average molecular weight is 303 g/mol. The number of nitrogens with zero attached hydrogens (tertiary/aromatic N) is 1. The van der Waals surface area contributed by atoms with Gasteiger partial charge in [0, 0.05) is 10.5 Å². The second kappa shape index (κ2) is 3.45. The fraction of sp³-hybridized carbons (Fsp3) is 0.400. The maximum Gasteiger partial charge on any atom is 0.244 e. The summed E-state index contributed by atoms with van der Waals surface area (Å²) < 4.78 is 27.1. The molecular weight excluding hydrogens is 292 g/mol. The summed E-state index contributed by atoms with van der Waals surface area (Å²) in [6, 6.07) is 5.92. The zero-order valence-electron chi connectivity index (χ0n) is 8.48. The molecule has 1 heterocycles. The van der Waals surface area contributed by atoms with Crippen molar-refractivity contribution in [2.45, 2.75) is 23.8 Å². The van der Waals surface area contributed by atoms with Gasteiger partial charge in [0.25, 0.3) is 0 Å². The van der Waals surface area contributed by atoms with Crippen molar-refractivity contribution in [3.05, 3.63) is 22.7 Å². The van der Waals surface area contributed by atoms with Gasteiger partial charge in [0.1, 0.15) is 4.90 Å². The van der Waals surface area contributed by atoms with E-state index in [1.165, 1.54) is 0 Å². The van der Waals surface area contributed by atoms with Crippen molar-refractivity contribution in [1.82, 2.24) is 4.72 Å². The molecule has 0 atom stereocenters. The molecular formula is C10H11BrN2O2S.